The van der Waals surface area contributed by atoms with Crippen LogP contribution in [0.2, 0.25) is 0 Å². The van der Waals surface area contributed by atoms with Crippen LogP contribution in [0.5, 0.6) is 0 Å². The van der Waals surface area contributed by atoms with Crippen LogP contribution in [0.4, 0.5) is 0 Å². The monoisotopic (exact) mass is 941 g/mol. The lowest BCUT2D eigenvalue weighted by atomic mass is 10.0. The van der Waals surface area contributed by atoms with Crippen molar-refractivity contribution >= 4 is 17.9 Å². The number of ether oxygens (including phenoxy) is 3. The average molecular weight is 942 g/mol. The van der Waals surface area contributed by atoms with Gasteiger partial charge in [0.05, 0.1) is 0 Å². The number of hydrogen-bond donors (Lipinski definition) is 0. The molecular formula is C61H112O6. The molecular weight excluding hydrogens is 829 g/mol. The Balaban J connectivity index is 3.92. The topological polar surface area (TPSA) is 78.9 Å². The first-order valence-corrected chi connectivity index (χ1v) is 29.5. The molecule has 0 N–H and O–H groups in total. The van der Waals surface area contributed by atoms with E-state index in [-0.39, 0.29) is 31.1 Å². The van der Waals surface area contributed by atoms with E-state index in [1.807, 2.05) is 0 Å². The van der Waals surface area contributed by atoms with Gasteiger partial charge in [0, 0.05) is 19.3 Å². The summed E-state index contributed by atoms with van der Waals surface area (Å²) in [5.74, 6) is -0.867. The van der Waals surface area contributed by atoms with Crippen molar-refractivity contribution in [1.82, 2.24) is 0 Å². The highest BCUT2D eigenvalue weighted by Gasteiger charge is 2.19. The van der Waals surface area contributed by atoms with Gasteiger partial charge in [0.25, 0.3) is 0 Å². The molecule has 0 spiro atoms. The Morgan fingerprint density at radius 2 is 0.537 bits per heavy atom. The molecule has 0 fully saturated rings. The lowest BCUT2D eigenvalue weighted by Crippen LogP contribution is -2.30. The molecule has 67 heavy (non-hydrogen) atoms. The minimum atomic E-state index is -0.763. The molecule has 0 bridgehead atoms. The predicted octanol–water partition coefficient (Wildman–Crippen LogP) is 19.7. The molecule has 392 valence electrons. The van der Waals surface area contributed by atoms with Crippen LogP contribution >= 0.6 is 0 Å². The second kappa shape index (κ2) is 56.2. The van der Waals surface area contributed by atoms with Crippen molar-refractivity contribution in [3.8, 4) is 0 Å². The first-order chi connectivity index (χ1) is 33.0. The Bertz CT molecular complexity index is 1130. The van der Waals surface area contributed by atoms with E-state index in [0.29, 0.717) is 19.3 Å². The fourth-order valence-corrected chi connectivity index (χ4v) is 8.69. The third-order valence-corrected chi connectivity index (χ3v) is 13.1. The third kappa shape index (κ3) is 54.4. The standard InChI is InChI=1S/C61H112O6/c1-4-7-10-13-15-17-19-21-22-23-24-25-26-27-28-29-30-31-32-33-34-35-36-37-38-40-41-43-45-48-51-54-60(63)66-57-58(56-65-59(62)53-50-47-12-9-6-3)67-61(64)55-52-49-46-44-42-39-20-18-16-14-11-8-5-2/h19,21,23-24,26-27,58H,4-18,20,22,25,28-57H2,1-3H3/b21-19-,24-23-,27-26-. The number of carbonyl (C=O) groups is 3. The lowest BCUT2D eigenvalue weighted by molar-refractivity contribution is -0.167. The first-order valence-electron chi connectivity index (χ1n) is 29.5. The molecule has 0 rings (SSSR count). The maximum atomic E-state index is 12.7. The molecule has 1 atom stereocenters. The maximum Gasteiger partial charge on any atom is 0.306 e. The molecule has 0 saturated carbocycles. The van der Waals surface area contributed by atoms with Crippen LogP contribution in [0.3, 0.4) is 0 Å². The van der Waals surface area contributed by atoms with Crippen LogP contribution in [0.15, 0.2) is 36.5 Å². The fourth-order valence-electron chi connectivity index (χ4n) is 8.69. The quantitative estimate of drug-likeness (QED) is 0.0262. The molecule has 0 aliphatic heterocycles. The molecule has 0 amide bonds. The minimum absolute atomic E-state index is 0.0677. The highest BCUT2D eigenvalue weighted by molar-refractivity contribution is 5.71. The number of esters is 3. The summed E-state index contributed by atoms with van der Waals surface area (Å²) in [6.07, 6.45) is 67.7. The second-order valence-electron chi connectivity index (χ2n) is 19.9. The van der Waals surface area contributed by atoms with E-state index in [9.17, 15) is 14.4 Å². The molecule has 6 nitrogen and oxygen atoms in total. The summed E-state index contributed by atoms with van der Waals surface area (Å²) >= 11 is 0. The van der Waals surface area contributed by atoms with Crippen molar-refractivity contribution in [1.29, 1.82) is 0 Å². The van der Waals surface area contributed by atoms with E-state index >= 15 is 0 Å². The molecule has 0 aliphatic rings. The van der Waals surface area contributed by atoms with Gasteiger partial charge in [-0.15, -0.1) is 0 Å². The Hall–Kier alpha value is -2.37. The van der Waals surface area contributed by atoms with Crippen molar-refractivity contribution < 1.29 is 28.6 Å². The van der Waals surface area contributed by atoms with E-state index in [2.05, 4.69) is 57.2 Å². The number of unbranched alkanes of at least 4 members (excludes halogenated alkanes) is 37. The molecule has 0 saturated heterocycles. The van der Waals surface area contributed by atoms with Crippen molar-refractivity contribution in [2.75, 3.05) is 13.2 Å². The van der Waals surface area contributed by atoms with Crippen molar-refractivity contribution in [2.24, 2.45) is 0 Å². The normalized spacial score (nSPS) is 12.2. The van der Waals surface area contributed by atoms with Gasteiger partial charge < -0.3 is 14.2 Å². The van der Waals surface area contributed by atoms with Gasteiger partial charge in [-0.05, 0) is 57.8 Å². The molecule has 0 aliphatic carbocycles. The second-order valence-corrected chi connectivity index (χ2v) is 19.9. The van der Waals surface area contributed by atoms with E-state index in [1.165, 1.54) is 199 Å². The molecule has 0 aromatic rings. The van der Waals surface area contributed by atoms with Gasteiger partial charge in [-0.1, -0.05) is 276 Å². The molecule has 0 radical (unpaired) electrons. The number of hydrogen-bond acceptors (Lipinski definition) is 6. The SMILES string of the molecule is CCCCCCC/C=C\C/C=C\C/C=C\CCCCCCCCCCCCCCCCCCC(=O)OCC(COC(=O)CCCCCCC)OC(=O)CCCCCCCCCCCCCCC. The zero-order valence-corrected chi connectivity index (χ0v) is 44.9. The van der Waals surface area contributed by atoms with Gasteiger partial charge >= 0.3 is 17.9 Å². The van der Waals surface area contributed by atoms with Crippen molar-refractivity contribution in [3.63, 3.8) is 0 Å². The van der Waals surface area contributed by atoms with Crippen molar-refractivity contribution in [2.45, 2.75) is 322 Å². The molecule has 1 unspecified atom stereocenters. The number of rotatable bonds is 54. The maximum absolute atomic E-state index is 12.7. The Kier molecular flexibility index (Phi) is 54.2. The zero-order chi connectivity index (χ0) is 48.6. The smallest absolute Gasteiger partial charge is 0.306 e. The minimum Gasteiger partial charge on any atom is -0.462 e. The molecule has 0 aromatic carbocycles. The van der Waals surface area contributed by atoms with Gasteiger partial charge in [0.15, 0.2) is 6.10 Å². The van der Waals surface area contributed by atoms with Crippen molar-refractivity contribution in [3.05, 3.63) is 36.5 Å². The Morgan fingerprint density at radius 1 is 0.299 bits per heavy atom. The van der Waals surface area contributed by atoms with Crippen LogP contribution in [-0.4, -0.2) is 37.2 Å². The number of allylic oxidation sites excluding steroid dienone is 6. The molecule has 6 heteroatoms. The average Bonchev–Trinajstić information content (AvgIpc) is 3.33. The Morgan fingerprint density at radius 3 is 0.836 bits per heavy atom. The number of carbonyl (C=O) groups excluding carboxylic acids is 3. The van der Waals surface area contributed by atoms with E-state index in [0.717, 1.165) is 77.0 Å². The fraction of sp³-hybridized carbons (Fsp3) is 0.852. The summed E-state index contributed by atoms with van der Waals surface area (Å²) in [4.78, 5) is 37.7. The summed E-state index contributed by atoms with van der Waals surface area (Å²) in [5, 5.41) is 0. The highest BCUT2D eigenvalue weighted by atomic mass is 16.6. The first kappa shape index (κ1) is 64.6. The van der Waals surface area contributed by atoms with Crippen LogP contribution < -0.4 is 0 Å². The largest absolute Gasteiger partial charge is 0.462 e. The van der Waals surface area contributed by atoms with Gasteiger partial charge in [-0.25, -0.2) is 0 Å². The summed E-state index contributed by atoms with van der Waals surface area (Å²) in [6.45, 7) is 6.57. The van der Waals surface area contributed by atoms with E-state index < -0.39 is 6.10 Å². The van der Waals surface area contributed by atoms with Crippen LogP contribution in [0, 0.1) is 0 Å². The lowest BCUT2D eigenvalue weighted by Gasteiger charge is -2.18. The molecule has 0 aromatic heterocycles. The Labute approximate surface area is 416 Å². The zero-order valence-electron chi connectivity index (χ0n) is 44.9. The van der Waals surface area contributed by atoms with Crippen LogP contribution in [0.25, 0.3) is 0 Å². The van der Waals surface area contributed by atoms with E-state index in [4.69, 9.17) is 14.2 Å². The predicted molar refractivity (Wildman–Crippen MR) is 289 cm³/mol. The van der Waals surface area contributed by atoms with Gasteiger partial charge in [0.1, 0.15) is 13.2 Å². The van der Waals surface area contributed by atoms with Crippen LogP contribution in [-0.2, 0) is 28.6 Å². The molecule has 0 heterocycles. The van der Waals surface area contributed by atoms with Gasteiger partial charge in [-0.3, -0.25) is 14.4 Å². The van der Waals surface area contributed by atoms with Gasteiger partial charge in [-0.2, -0.15) is 0 Å². The summed E-state index contributed by atoms with van der Waals surface area (Å²) in [7, 11) is 0. The summed E-state index contributed by atoms with van der Waals surface area (Å²) < 4.78 is 16.7. The van der Waals surface area contributed by atoms with E-state index in [1.54, 1.807) is 0 Å². The summed E-state index contributed by atoms with van der Waals surface area (Å²) in [5.41, 5.74) is 0. The summed E-state index contributed by atoms with van der Waals surface area (Å²) in [6, 6.07) is 0. The van der Waals surface area contributed by atoms with Crippen LogP contribution in [0.1, 0.15) is 316 Å². The highest BCUT2D eigenvalue weighted by Crippen LogP contribution is 2.17. The van der Waals surface area contributed by atoms with Gasteiger partial charge in [0.2, 0.25) is 0 Å². The third-order valence-electron chi connectivity index (χ3n) is 13.1.